The lowest BCUT2D eigenvalue weighted by molar-refractivity contribution is -0.0379. The number of nitrogens with one attached hydrogen (secondary N) is 1. The van der Waals surface area contributed by atoms with Crippen LogP contribution in [0.3, 0.4) is 0 Å². The summed E-state index contributed by atoms with van der Waals surface area (Å²) < 4.78 is 14.3. The Hall–Kier alpha value is -3.43. The van der Waals surface area contributed by atoms with Gasteiger partial charge in [0.15, 0.2) is 0 Å². The van der Waals surface area contributed by atoms with Gasteiger partial charge in [-0.2, -0.15) is 0 Å². The first kappa shape index (κ1) is 22.1. The van der Waals surface area contributed by atoms with Crippen LogP contribution in [0.1, 0.15) is 49.8 Å². The molecular formula is C26H30N6O3. The van der Waals surface area contributed by atoms with Gasteiger partial charge in [0.2, 0.25) is 0 Å². The minimum atomic E-state index is -0.652. The maximum Gasteiger partial charge on any atom is 0.147 e. The molecule has 182 valence electrons. The van der Waals surface area contributed by atoms with Crippen molar-refractivity contribution in [2.75, 3.05) is 24.7 Å². The van der Waals surface area contributed by atoms with Crippen LogP contribution in [0.15, 0.2) is 42.9 Å². The Labute approximate surface area is 203 Å². The van der Waals surface area contributed by atoms with E-state index >= 15 is 0 Å². The van der Waals surface area contributed by atoms with Crippen molar-refractivity contribution in [1.82, 2.24) is 19.5 Å². The van der Waals surface area contributed by atoms with E-state index in [4.69, 9.17) is 15.2 Å². The summed E-state index contributed by atoms with van der Waals surface area (Å²) in [5, 5.41) is 15.8. The van der Waals surface area contributed by atoms with Gasteiger partial charge in [0.1, 0.15) is 48.3 Å². The molecule has 9 nitrogen and oxygen atoms in total. The normalized spacial score (nSPS) is 22.9. The van der Waals surface area contributed by atoms with Crippen LogP contribution >= 0.6 is 0 Å². The molecule has 6 rings (SSSR count). The van der Waals surface area contributed by atoms with Crippen LogP contribution < -0.4 is 15.8 Å². The number of benzene rings is 1. The molecule has 0 amide bonds. The Morgan fingerprint density at radius 1 is 1.20 bits per heavy atom. The van der Waals surface area contributed by atoms with Crippen molar-refractivity contribution < 1.29 is 14.6 Å². The Morgan fingerprint density at radius 2 is 2.03 bits per heavy atom. The minimum absolute atomic E-state index is 0.237. The fourth-order valence-corrected chi connectivity index (χ4v) is 5.44. The molecule has 4 aromatic rings. The Bertz CT molecular complexity index is 1370. The van der Waals surface area contributed by atoms with Gasteiger partial charge in [-0.1, -0.05) is 12.8 Å². The minimum Gasteiger partial charge on any atom is -0.491 e. The summed E-state index contributed by atoms with van der Waals surface area (Å²) in [6.45, 7) is 0.237. The number of aromatic nitrogens is 4. The number of aliphatic hydroxyl groups excluding tert-OH is 1. The third-order valence-electron chi connectivity index (χ3n) is 7.31. The zero-order chi connectivity index (χ0) is 23.9. The maximum absolute atomic E-state index is 10.8. The summed E-state index contributed by atoms with van der Waals surface area (Å²) in [6.07, 6.45) is 7.35. The molecule has 1 aromatic carbocycles. The summed E-state index contributed by atoms with van der Waals surface area (Å²) in [4.78, 5) is 13.3. The number of ether oxygens (including phenoxy) is 2. The van der Waals surface area contributed by atoms with E-state index in [1.165, 1.54) is 24.7 Å². The van der Waals surface area contributed by atoms with Crippen LogP contribution in [0, 0.1) is 0 Å². The van der Waals surface area contributed by atoms with Crippen LogP contribution in [-0.2, 0) is 4.74 Å². The molecule has 1 aliphatic heterocycles. The van der Waals surface area contributed by atoms with Gasteiger partial charge in [-0.05, 0) is 48.6 Å². The second-order valence-electron chi connectivity index (χ2n) is 9.47. The van der Waals surface area contributed by atoms with Crippen molar-refractivity contribution in [3.63, 3.8) is 0 Å². The monoisotopic (exact) mass is 474 g/mol. The summed E-state index contributed by atoms with van der Waals surface area (Å²) in [7, 11) is 1.84. The highest BCUT2D eigenvalue weighted by Crippen LogP contribution is 2.42. The highest BCUT2D eigenvalue weighted by molar-refractivity contribution is 5.90. The number of pyridine rings is 1. The van der Waals surface area contributed by atoms with Gasteiger partial charge in [-0.3, -0.25) is 0 Å². The molecule has 3 atom stereocenters. The second kappa shape index (κ2) is 8.98. The van der Waals surface area contributed by atoms with Crippen molar-refractivity contribution in [2.24, 2.45) is 0 Å². The first-order valence-corrected chi connectivity index (χ1v) is 12.3. The van der Waals surface area contributed by atoms with E-state index in [0.717, 1.165) is 40.6 Å². The van der Waals surface area contributed by atoms with Crippen molar-refractivity contribution in [1.29, 1.82) is 0 Å². The van der Waals surface area contributed by atoms with Gasteiger partial charge < -0.3 is 30.2 Å². The van der Waals surface area contributed by atoms with Crippen LogP contribution in [0.2, 0.25) is 0 Å². The zero-order valence-corrected chi connectivity index (χ0v) is 19.7. The predicted molar refractivity (Wildman–Crippen MR) is 134 cm³/mol. The van der Waals surface area contributed by atoms with Gasteiger partial charge in [0.25, 0.3) is 0 Å². The molecule has 9 heteroatoms. The smallest absolute Gasteiger partial charge is 0.147 e. The molecular weight excluding hydrogens is 444 g/mol. The van der Waals surface area contributed by atoms with Crippen LogP contribution in [0.5, 0.6) is 5.75 Å². The van der Waals surface area contributed by atoms with Crippen LogP contribution in [-0.4, -0.2) is 50.5 Å². The number of hydrogen-bond acceptors (Lipinski definition) is 8. The number of nitrogens with two attached hydrogens (primary N) is 1. The molecule has 2 fully saturated rings. The van der Waals surface area contributed by atoms with Gasteiger partial charge in [-0.15, -0.1) is 0 Å². The molecule has 35 heavy (non-hydrogen) atoms. The number of aliphatic hydroxyl groups is 1. The Morgan fingerprint density at radius 3 is 2.86 bits per heavy atom. The number of rotatable bonds is 6. The number of nitrogens with zero attached hydrogens (tertiary/aromatic N) is 4. The van der Waals surface area contributed by atoms with E-state index in [9.17, 15) is 5.11 Å². The highest BCUT2D eigenvalue weighted by atomic mass is 16.6. The largest absolute Gasteiger partial charge is 0.491 e. The van der Waals surface area contributed by atoms with Crippen molar-refractivity contribution in [2.45, 2.75) is 56.5 Å². The molecule has 0 bridgehead atoms. The quantitative estimate of drug-likeness (QED) is 0.384. The van der Waals surface area contributed by atoms with Crippen molar-refractivity contribution >= 4 is 33.6 Å². The van der Waals surface area contributed by atoms with Crippen molar-refractivity contribution in [3.8, 4) is 5.75 Å². The maximum atomic E-state index is 10.8. The topological polar surface area (TPSA) is 120 Å². The zero-order valence-electron chi connectivity index (χ0n) is 19.7. The van der Waals surface area contributed by atoms with Crippen LogP contribution in [0.4, 0.5) is 11.6 Å². The van der Waals surface area contributed by atoms with E-state index in [1.807, 2.05) is 41.9 Å². The van der Waals surface area contributed by atoms with E-state index in [-0.39, 0.29) is 12.8 Å². The lowest BCUT2D eigenvalue weighted by Gasteiger charge is -2.17. The fourth-order valence-electron chi connectivity index (χ4n) is 5.44. The van der Waals surface area contributed by atoms with Gasteiger partial charge in [-0.25, -0.2) is 15.0 Å². The molecule has 0 spiro atoms. The molecule has 2 aliphatic rings. The van der Waals surface area contributed by atoms with E-state index in [2.05, 4.69) is 26.5 Å². The van der Waals surface area contributed by atoms with Gasteiger partial charge in [0, 0.05) is 31.1 Å². The van der Waals surface area contributed by atoms with Crippen LogP contribution in [0.25, 0.3) is 21.9 Å². The van der Waals surface area contributed by atoms with E-state index in [1.54, 1.807) is 0 Å². The van der Waals surface area contributed by atoms with E-state index < -0.39 is 12.2 Å². The summed E-state index contributed by atoms with van der Waals surface area (Å²) >= 11 is 0. The van der Waals surface area contributed by atoms with Crippen molar-refractivity contribution in [3.05, 3.63) is 48.4 Å². The SMILES string of the molecule is CNc1ccc2ccc(OC[C@H]3O[C@@H](n4cc(C5CCCC5)c5c(N)ncnc54)C[C@@H]3O)cc2n1. The number of fused-ring (bicyclic) bond motifs is 2. The predicted octanol–water partition coefficient (Wildman–Crippen LogP) is 3.99. The second-order valence-corrected chi connectivity index (χ2v) is 9.47. The summed E-state index contributed by atoms with van der Waals surface area (Å²) in [5.41, 5.74) is 9.08. The van der Waals surface area contributed by atoms with E-state index in [0.29, 0.717) is 23.9 Å². The highest BCUT2D eigenvalue weighted by Gasteiger charge is 2.37. The lowest BCUT2D eigenvalue weighted by Crippen LogP contribution is -2.28. The average Bonchev–Trinajstić information content (AvgIpc) is 3.61. The standard InChI is InChI=1S/C26H30N6O3/c1-28-22-9-7-16-6-8-17(10-19(16)31-22)34-13-21-20(33)11-23(35-21)32-12-18(15-4-2-3-5-15)24-25(27)29-14-30-26(24)32/h6-10,12,14-15,20-21,23,33H,2-5,11,13H2,1H3,(H,28,31)(H2,27,29,30)/t20-,21+,23+/m0/s1. The molecule has 4 N–H and O–H groups in total. The molecule has 4 heterocycles. The number of anilines is 2. The first-order valence-electron chi connectivity index (χ1n) is 12.3. The van der Waals surface area contributed by atoms with Gasteiger partial charge >= 0.3 is 0 Å². The summed E-state index contributed by atoms with van der Waals surface area (Å²) in [5.74, 6) is 2.45. The Kier molecular flexibility index (Phi) is 5.66. The average molecular weight is 475 g/mol. The molecule has 0 radical (unpaired) electrons. The molecule has 3 aromatic heterocycles. The molecule has 1 saturated carbocycles. The number of nitrogen functional groups attached to an aromatic ring is 1. The fraction of sp³-hybridized carbons (Fsp3) is 0.423. The molecule has 0 unspecified atom stereocenters. The third kappa shape index (κ3) is 4.04. The lowest BCUT2D eigenvalue weighted by atomic mass is 9.98. The third-order valence-corrected chi connectivity index (χ3v) is 7.31. The first-order chi connectivity index (χ1) is 17.1. The Balaban J connectivity index is 1.21. The molecule has 1 saturated heterocycles. The molecule has 1 aliphatic carbocycles. The summed E-state index contributed by atoms with van der Waals surface area (Å²) in [6, 6.07) is 9.75. The number of hydrogen-bond donors (Lipinski definition) is 3. The van der Waals surface area contributed by atoms with Gasteiger partial charge in [0.05, 0.1) is 17.0 Å².